The maximum Gasteiger partial charge on any atom is 0.127 e. The second-order valence-corrected chi connectivity index (χ2v) is 10.8. The van der Waals surface area contributed by atoms with E-state index in [0.29, 0.717) is 13.2 Å². The van der Waals surface area contributed by atoms with Gasteiger partial charge in [0, 0.05) is 22.3 Å². The smallest absolute Gasteiger partial charge is 0.127 e. The molecule has 0 bridgehead atoms. The van der Waals surface area contributed by atoms with Gasteiger partial charge in [0.2, 0.25) is 0 Å². The molecule has 0 fully saturated rings. The zero-order chi connectivity index (χ0) is 30.5. The van der Waals surface area contributed by atoms with Gasteiger partial charge in [-0.3, -0.25) is 0 Å². The number of fused-ring (bicyclic) bond motifs is 2. The first-order valence-corrected chi connectivity index (χ1v) is 15.3. The highest BCUT2D eigenvalue weighted by molar-refractivity contribution is 6.11. The summed E-state index contributed by atoms with van der Waals surface area (Å²) in [6.45, 7) is 5.53. The molecular weight excluding hydrogens is 544 g/mol. The molecule has 4 heteroatoms. The van der Waals surface area contributed by atoms with Crippen molar-refractivity contribution < 1.29 is 18.9 Å². The van der Waals surface area contributed by atoms with Gasteiger partial charge in [0.25, 0.3) is 0 Å². The average Bonchev–Trinajstić information content (AvgIpc) is 3.08. The quantitative estimate of drug-likeness (QED) is 0.152. The van der Waals surface area contributed by atoms with Crippen molar-refractivity contribution in [1.29, 1.82) is 0 Å². The molecule has 222 valence electrons. The van der Waals surface area contributed by atoms with Crippen molar-refractivity contribution in [2.24, 2.45) is 0 Å². The highest BCUT2D eigenvalue weighted by Gasteiger charge is 2.20. The molecule has 0 atom stereocenters. The molecule has 44 heavy (non-hydrogen) atoms. The molecule has 0 aromatic heterocycles. The number of methoxy groups -OCH3 is 2. The first-order chi connectivity index (χ1) is 21.7. The van der Waals surface area contributed by atoms with Gasteiger partial charge >= 0.3 is 0 Å². The van der Waals surface area contributed by atoms with Crippen LogP contribution >= 0.6 is 0 Å². The summed E-state index contributed by atoms with van der Waals surface area (Å²) in [6, 6.07) is 38.0. The molecule has 0 aliphatic carbocycles. The average molecular weight is 583 g/mol. The van der Waals surface area contributed by atoms with Crippen molar-refractivity contribution in [3.05, 3.63) is 109 Å². The van der Waals surface area contributed by atoms with Gasteiger partial charge in [-0.25, -0.2) is 0 Å². The second-order valence-electron chi connectivity index (χ2n) is 10.8. The van der Waals surface area contributed by atoms with Crippen LogP contribution in [0.4, 0.5) is 0 Å². The summed E-state index contributed by atoms with van der Waals surface area (Å²) in [7, 11) is 3.43. The first-order valence-electron chi connectivity index (χ1n) is 15.3. The number of benzene rings is 6. The van der Waals surface area contributed by atoms with Crippen molar-refractivity contribution in [3.63, 3.8) is 0 Å². The molecule has 0 spiro atoms. The lowest BCUT2D eigenvalue weighted by Gasteiger charge is -2.20. The number of hydrogen-bond acceptors (Lipinski definition) is 4. The lowest BCUT2D eigenvalue weighted by Crippen LogP contribution is -2.01. The molecule has 0 radical (unpaired) electrons. The summed E-state index contributed by atoms with van der Waals surface area (Å²) >= 11 is 0. The predicted molar refractivity (Wildman–Crippen MR) is 182 cm³/mol. The van der Waals surface area contributed by atoms with E-state index in [-0.39, 0.29) is 0 Å². The lowest BCUT2D eigenvalue weighted by molar-refractivity contribution is 0.314. The Kier molecular flexibility index (Phi) is 8.69. The minimum atomic E-state index is 0.631. The Morgan fingerprint density at radius 1 is 0.455 bits per heavy atom. The molecule has 0 saturated heterocycles. The van der Waals surface area contributed by atoms with Crippen LogP contribution in [0.25, 0.3) is 54.9 Å². The second kappa shape index (κ2) is 13.1. The summed E-state index contributed by atoms with van der Waals surface area (Å²) in [5.41, 5.74) is 6.42. The molecule has 0 amide bonds. The van der Waals surface area contributed by atoms with Crippen LogP contribution in [0.3, 0.4) is 0 Å². The largest absolute Gasteiger partial charge is 0.496 e. The molecule has 4 nitrogen and oxygen atoms in total. The van der Waals surface area contributed by atoms with Crippen LogP contribution in [0.2, 0.25) is 0 Å². The number of para-hydroxylation sites is 2. The van der Waals surface area contributed by atoms with E-state index in [0.717, 1.165) is 90.8 Å². The van der Waals surface area contributed by atoms with E-state index in [4.69, 9.17) is 18.9 Å². The van der Waals surface area contributed by atoms with E-state index in [9.17, 15) is 0 Å². The molecule has 6 aromatic rings. The maximum absolute atomic E-state index is 6.44. The zero-order valence-electron chi connectivity index (χ0n) is 25.9. The fraction of sp³-hybridized carbons (Fsp3) is 0.200. The van der Waals surface area contributed by atoms with Crippen LogP contribution in [0.15, 0.2) is 109 Å². The predicted octanol–water partition coefficient (Wildman–Crippen LogP) is 10.6. The fourth-order valence-corrected chi connectivity index (χ4v) is 5.90. The van der Waals surface area contributed by atoms with Gasteiger partial charge < -0.3 is 18.9 Å². The molecule has 6 rings (SSSR count). The van der Waals surface area contributed by atoms with Crippen LogP contribution in [0.5, 0.6) is 23.0 Å². The molecule has 0 N–H and O–H groups in total. The minimum Gasteiger partial charge on any atom is -0.496 e. The van der Waals surface area contributed by atoms with Gasteiger partial charge in [0.1, 0.15) is 23.0 Å². The molecule has 0 heterocycles. The van der Waals surface area contributed by atoms with E-state index < -0.39 is 0 Å². The van der Waals surface area contributed by atoms with Gasteiger partial charge in [-0.05, 0) is 81.9 Å². The molecule has 0 saturated carbocycles. The third kappa shape index (κ3) is 5.56. The fourth-order valence-electron chi connectivity index (χ4n) is 5.90. The monoisotopic (exact) mass is 582 g/mol. The Balaban J connectivity index is 1.61. The van der Waals surface area contributed by atoms with Crippen LogP contribution in [-0.4, -0.2) is 27.4 Å². The number of ether oxygens (including phenoxy) is 4. The van der Waals surface area contributed by atoms with E-state index in [2.05, 4.69) is 86.6 Å². The van der Waals surface area contributed by atoms with E-state index in [1.54, 1.807) is 14.2 Å². The maximum atomic E-state index is 6.44. The number of hydrogen-bond donors (Lipinski definition) is 0. The van der Waals surface area contributed by atoms with Crippen molar-refractivity contribution in [2.45, 2.75) is 26.7 Å². The van der Waals surface area contributed by atoms with Gasteiger partial charge in [-0.2, -0.15) is 0 Å². The number of rotatable bonds is 11. The normalized spacial score (nSPS) is 11.1. The Hall–Kier alpha value is -4.96. The van der Waals surface area contributed by atoms with Crippen LogP contribution in [0, 0.1) is 0 Å². The van der Waals surface area contributed by atoms with Crippen molar-refractivity contribution in [3.8, 4) is 56.4 Å². The van der Waals surface area contributed by atoms with Crippen molar-refractivity contribution in [2.75, 3.05) is 27.4 Å². The zero-order valence-corrected chi connectivity index (χ0v) is 25.9. The highest BCUT2D eigenvalue weighted by Crippen LogP contribution is 2.47. The van der Waals surface area contributed by atoms with Gasteiger partial charge in [0.05, 0.1) is 27.4 Å². The molecular formula is C40H38O4. The van der Waals surface area contributed by atoms with Crippen LogP contribution in [0.1, 0.15) is 26.7 Å². The van der Waals surface area contributed by atoms with E-state index in [1.165, 1.54) is 0 Å². The third-order valence-electron chi connectivity index (χ3n) is 7.97. The molecule has 6 aromatic carbocycles. The third-order valence-corrected chi connectivity index (χ3v) is 7.97. The summed E-state index contributed by atoms with van der Waals surface area (Å²) in [4.78, 5) is 0. The van der Waals surface area contributed by atoms with Gasteiger partial charge in [-0.1, -0.05) is 86.6 Å². The molecule has 0 aliphatic rings. The summed E-state index contributed by atoms with van der Waals surface area (Å²) < 4.78 is 24.2. The van der Waals surface area contributed by atoms with Crippen LogP contribution in [-0.2, 0) is 0 Å². The Morgan fingerprint density at radius 3 is 1.30 bits per heavy atom. The highest BCUT2D eigenvalue weighted by atomic mass is 16.5. The van der Waals surface area contributed by atoms with Gasteiger partial charge in [-0.15, -0.1) is 0 Å². The summed E-state index contributed by atoms with van der Waals surface area (Å²) in [6.07, 6.45) is 1.84. The minimum absolute atomic E-state index is 0.631. The Bertz CT molecular complexity index is 1780. The summed E-state index contributed by atoms with van der Waals surface area (Å²) in [5, 5.41) is 4.47. The summed E-state index contributed by atoms with van der Waals surface area (Å²) in [5.74, 6) is 3.41. The van der Waals surface area contributed by atoms with E-state index in [1.807, 2.05) is 36.4 Å². The van der Waals surface area contributed by atoms with Gasteiger partial charge in [0.15, 0.2) is 0 Å². The van der Waals surface area contributed by atoms with Crippen molar-refractivity contribution >= 4 is 21.5 Å². The lowest BCUT2D eigenvalue weighted by atomic mass is 9.89. The molecule has 0 unspecified atom stereocenters. The van der Waals surface area contributed by atoms with E-state index >= 15 is 0 Å². The Labute approximate surface area is 259 Å². The SMILES string of the molecule is CCCOc1ccc2cc(-c3ccccc3OC)ccc2c1-c1c(OCCC)ccc2cc(-c3ccccc3OC)ccc12. The van der Waals surface area contributed by atoms with Crippen LogP contribution < -0.4 is 18.9 Å². The van der Waals surface area contributed by atoms with Crippen molar-refractivity contribution in [1.82, 2.24) is 0 Å². The molecule has 0 aliphatic heterocycles. The topological polar surface area (TPSA) is 36.9 Å². The standard InChI is InChI=1S/C40H38O4/c1-5-23-43-37-21-17-29-25-27(31-11-7-9-13-35(31)41-3)15-19-33(29)39(37)40-34-20-16-28(32-12-8-10-14-36(32)42-4)26-30(34)18-22-38(40)44-24-6-2/h7-22,25-26H,5-6,23-24H2,1-4H3. The Morgan fingerprint density at radius 2 is 0.886 bits per heavy atom. The first kappa shape index (κ1) is 29.1.